The number of nitrogens with zero attached hydrogens (tertiary/aromatic N) is 2. The number of hydrogen-bond donors (Lipinski definition) is 0. The summed E-state index contributed by atoms with van der Waals surface area (Å²) in [5, 5.41) is 0. The van der Waals surface area contributed by atoms with E-state index >= 15 is 0 Å². The maximum absolute atomic E-state index is 12.1. The van der Waals surface area contributed by atoms with Gasteiger partial charge in [-0.2, -0.15) is 0 Å². The topological polar surface area (TPSA) is 49.9 Å². The van der Waals surface area contributed by atoms with Crippen molar-refractivity contribution in [2.75, 3.05) is 27.3 Å². The summed E-state index contributed by atoms with van der Waals surface area (Å²) in [4.78, 5) is 27.2. The van der Waals surface area contributed by atoms with Crippen molar-refractivity contribution in [3.05, 3.63) is 35.9 Å². The average molecular weight is 262 g/mol. The summed E-state index contributed by atoms with van der Waals surface area (Å²) in [5.74, 6) is -0.251. The van der Waals surface area contributed by atoms with Crippen molar-refractivity contribution in [2.45, 2.75) is 12.6 Å². The van der Waals surface area contributed by atoms with E-state index in [1.54, 1.807) is 19.0 Å². The van der Waals surface area contributed by atoms with Crippen molar-refractivity contribution in [1.82, 2.24) is 9.80 Å². The Morgan fingerprint density at radius 3 is 2.68 bits per heavy atom. The van der Waals surface area contributed by atoms with Gasteiger partial charge in [-0.3, -0.25) is 9.59 Å². The highest BCUT2D eigenvalue weighted by atomic mass is 16.5. The second kappa shape index (κ2) is 5.84. The van der Waals surface area contributed by atoms with Crippen LogP contribution in [0.3, 0.4) is 0 Å². The molecule has 0 unspecified atom stereocenters. The number of carbonyl (C=O) groups is 2. The number of carbonyl (C=O) groups excluding carboxylic acids is 2. The number of rotatable bonds is 3. The highest BCUT2D eigenvalue weighted by Crippen LogP contribution is 2.14. The summed E-state index contributed by atoms with van der Waals surface area (Å²) in [6, 6.07) is 9.12. The molecule has 0 bridgehead atoms. The van der Waals surface area contributed by atoms with E-state index in [1.807, 2.05) is 30.3 Å². The van der Waals surface area contributed by atoms with Crippen molar-refractivity contribution in [1.29, 1.82) is 0 Å². The van der Waals surface area contributed by atoms with Gasteiger partial charge < -0.3 is 14.5 Å². The molecule has 0 N–H and O–H groups in total. The largest absolute Gasteiger partial charge is 0.369 e. The van der Waals surface area contributed by atoms with Crippen LogP contribution in [0, 0.1) is 0 Å². The van der Waals surface area contributed by atoms with Crippen LogP contribution in [0.2, 0.25) is 0 Å². The molecule has 102 valence electrons. The number of ether oxygens (including phenoxy) is 1. The summed E-state index contributed by atoms with van der Waals surface area (Å²) in [5.41, 5.74) is 1.01. The van der Waals surface area contributed by atoms with Gasteiger partial charge in [0.1, 0.15) is 12.6 Å². The molecule has 0 radical (unpaired) electrons. The van der Waals surface area contributed by atoms with Gasteiger partial charge >= 0.3 is 0 Å². The lowest BCUT2D eigenvalue weighted by molar-refractivity contribution is -0.158. The van der Waals surface area contributed by atoms with E-state index in [0.29, 0.717) is 6.54 Å². The quantitative estimate of drug-likeness (QED) is 0.797. The van der Waals surface area contributed by atoms with Crippen LogP contribution in [-0.4, -0.2) is 55.0 Å². The van der Waals surface area contributed by atoms with Gasteiger partial charge in [-0.25, -0.2) is 0 Å². The zero-order chi connectivity index (χ0) is 13.8. The number of hydrogen-bond acceptors (Lipinski definition) is 3. The Balaban J connectivity index is 2.17. The first-order chi connectivity index (χ1) is 9.09. The Morgan fingerprint density at radius 2 is 2.05 bits per heavy atom. The first kappa shape index (κ1) is 13.5. The van der Waals surface area contributed by atoms with Crippen molar-refractivity contribution >= 4 is 11.8 Å². The fourth-order valence-electron chi connectivity index (χ4n) is 2.09. The van der Waals surface area contributed by atoms with Gasteiger partial charge in [0.05, 0.1) is 6.61 Å². The van der Waals surface area contributed by atoms with E-state index < -0.39 is 6.04 Å². The molecule has 1 aliphatic heterocycles. The fraction of sp³-hybridized carbons (Fsp3) is 0.429. The fourth-order valence-corrected chi connectivity index (χ4v) is 2.09. The van der Waals surface area contributed by atoms with Crippen LogP contribution in [0.1, 0.15) is 5.56 Å². The average Bonchev–Trinajstić information content (AvgIpc) is 2.41. The van der Waals surface area contributed by atoms with E-state index in [-0.39, 0.29) is 25.0 Å². The van der Waals surface area contributed by atoms with E-state index in [4.69, 9.17) is 4.74 Å². The Hall–Kier alpha value is -1.88. The third-order valence-corrected chi connectivity index (χ3v) is 3.12. The van der Waals surface area contributed by atoms with Gasteiger partial charge in [0, 0.05) is 20.6 Å². The first-order valence-electron chi connectivity index (χ1n) is 6.22. The molecular weight excluding hydrogens is 244 g/mol. The van der Waals surface area contributed by atoms with E-state index in [0.717, 1.165) is 5.56 Å². The number of benzene rings is 1. The predicted molar refractivity (Wildman–Crippen MR) is 70.3 cm³/mol. The van der Waals surface area contributed by atoms with Crippen LogP contribution < -0.4 is 0 Å². The van der Waals surface area contributed by atoms with Gasteiger partial charge in [0.25, 0.3) is 0 Å². The zero-order valence-electron chi connectivity index (χ0n) is 11.2. The summed E-state index contributed by atoms with van der Waals surface area (Å²) >= 11 is 0. The minimum absolute atomic E-state index is 0.0457. The lowest BCUT2D eigenvalue weighted by Crippen LogP contribution is -2.55. The van der Waals surface area contributed by atoms with Crippen molar-refractivity contribution in [3.8, 4) is 0 Å². The van der Waals surface area contributed by atoms with Crippen molar-refractivity contribution in [2.24, 2.45) is 0 Å². The van der Waals surface area contributed by atoms with Crippen molar-refractivity contribution in [3.63, 3.8) is 0 Å². The molecule has 1 heterocycles. The zero-order valence-corrected chi connectivity index (χ0v) is 11.2. The Kier molecular flexibility index (Phi) is 4.16. The molecule has 1 saturated heterocycles. The smallest absolute Gasteiger partial charge is 0.249 e. The van der Waals surface area contributed by atoms with Gasteiger partial charge in [0.2, 0.25) is 11.8 Å². The SMILES string of the molecule is CN(C)C(=O)[C@@H]1COCC(=O)N1Cc1ccccc1. The summed E-state index contributed by atoms with van der Waals surface area (Å²) in [7, 11) is 3.37. The van der Waals surface area contributed by atoms with Crippen molar-refractivity contribution < 1.29 is 14.3 Å². The standard InChI is InChI=1S/C14H18N2O3/c1-15(2)14(18)12-9-19-10-13(17)16(12)8-11-6-4-3-5-7-11/h3-7,12H,8-10H2,1-2H3/t12-/m0/s1. The Bertz CT molecular complexity index is 459. The molecule has 1 fully saturated rings. The van der Waals surface area contributed by atoms with Crippen LogP contribution in [0.5, 0.6) is 0 Å². The molecule has 1 aromatic carbocycles. The van der Waals surface area contributed by atoms with Crippen LogP contribution in [0.4, 0.5) is 0 Å². The predicted octanol–water partition coefficient (Wildman–Crippen LogP) is 0.502. The highest BCUT2D eigenvalue weighted by Gasteiger charge is 2.34. The maximum Gasteiger partial charge on any atom is 0.249 e. The lowest BCUT2D eigenvalue weighted by atomic mass is 10.1. The normalized spacial score (nSPS) is 19.4. The first-order valence-corrected chi connectivity index (χ1v) is 6.22. The molecule has 0 spiro atoms. The molecule has 5 nitrogen and oxygen atoms in total. The van der Waals surface area contributed by atoms with E-state index in [9.17, 15) is 9.59 Å². The highest BCUT2D eigenvalue weighted by molar-refractivity contribution is 5.88. The molecule has 2 amide bonds. The monoisotopic (exact) mass is 262 g/mol. The van der Waals surface area contributed by atoms with Gasteiger partial charge in [-0.05, 0) is 5.56 Å². The summed E-state index contributed by atoms with van der Waals surface area (Å²) < 4.78 is 5.19. The lowest BCUT2D eigenvalue weighted by Gasteiger charge is -2.35. The Morgan fingerprint density at radius 1 is 1.37 bits per heavy atom. The van der Waals surface area contributed by atoms with Crippen LogP contribution in [0.25, 0.3) is 0 Å². The van der Waals surface area contributed by atoms with Gasteiger partial charge in [-0.15, -0.1) is 0 Å². The molecule has 0 saturated carbocycles. The minimum atomic E-state index is -0.531. The third kappa shape index (κ3) is 3.12. The molecule has 2 rings (SSSR count). The van der Waals surface area contributed by atoms with E-state index in [2.05, 4.69) is 0 Å². The Labute approximate surface area is 112 Å². The number of morpholine rings is 1. The number of amides is 2. The molecule has 19 heavy (non-hydrogen) atoms. The van der Waals surface area contributed by atoms with E-state index in [1.165, 1.54) is 4.90 Å². The molecule has 0 aliphatic carbocycles. The maximum atomic E-state index is 12.1. The second-order valence-electron chi connectivity index (χ2n) is 4.77. The summed E-state index contributed by atoms with van der Waals surface area (Å²) in [6.45, 7) is 0.743. The minimum Gasteiger partial charge on any atom is -0.369 e. The molecule has 1 aliphatic rings. The molecule has 1 aromatic rings. The number of likely N-dealkylation sites (N-methyl/N-ethyl adjacent to an activating group) is 1. The third-order valence-electron chi connectivity index (χ3n) is 3.12. The van der Waals surface area contributed by atoms with Crippen LogP contribution in [-0.2, 0) is 20.9 Å². The van der Waals surface area contributed by atoms with Crippen LogP contribution >= 0.6 is 0 Å². The summed E-state index contributed by atoms with van der Waals surface area (Å²) in [6.07, 6.45) is 0. The molecule has 0 aromatic heterocycles. The second-order valence-corrected chi connectivity index (χ2v) is 4.77. The molecule has 5 heteroatoms. The van der Waals surface area contributed by atoms with Crippen LogP contribution in [0.15, 0.2) is 30.3 Å². The molecular formula is C14H18N2O3. The van der Waals surface area contributed by atoms with Gasteiger partial charge in [-0.1, -0.05) is 30.3 Å². The molecule has 1 atom stereocenters. The van der Waals surface area contributed by atoms with Gasteiger partial charge in [0.15, 0.2) is 0 Å².